The van der Waals surface area contributed by atoms with E-state index in [0.717, 1.165) is 199 Å². The highest BCUT2D eigenvalue weighted by Crippen LogP contribution is 2.41. The Morgan fingerprint density at radius 3 is 0.887 bits per heavy atom. The third kappa shape index (κ3) is 26.9. The van der Waals surface area contributed by atoms with Gasteiger partial charge in [0.1, 0.15) is 11.6 Å². The molecule has 5 aliphatic rings. The van der Waals surface area contributed by atoms with E-state index in [0.29, 0.717) is 100 Å². The molecule has 6 heterocycles. The fourth-order valence-electron chi connectivity index (χ4n) is 20.0. The number of carbonyl (C=O) groups is 10. The topological polar surface area (TPSA) is 209 Å². The average Bonchev–Trinajstić information content (AvgIpc) is 1.65. The molecule has 150 heavy (non-hydrogen) atoms. The van der Waals surface area contributed by atoms with E-state index in [1.807, 2.05) is 308 Å². The molecule has 19 heteroatoms. The summed E-state index contributed by atoms with van der Waals surface area (Å²) in [5, 5.41) is 0.695. The highest BCUT2D eigenvalue weighted by atomic mass is 35.5. The van der Waals surface area contributed by atoms with Gasteiger partial charge in [-0.05, 0) is 279 Å². The van der Waals surface area contributed by atoms with Crippen LogP contribution in [0.15, 0.2) is 340 Å². The van der Waals surface area contributed by atoms with Crippen molar-refractivity contribution < 1.29 is 57.1 Å². The van der Waals surface area contributed by atoms with E-state index in [1.165, 1.54) is 45.5 Å². The molecule has 0 spiro atoms. The number of hydrogen-bond donors (Lipinski definition) is 0. The van der Waals surface area contributed by atoms with Crippen LogP contribution >= 0.6 is 11.6 Å². The minimum absolute atomic E-state index is 0.0495. The normalized spacial score (nSPS) is 12.8. The molecule has 760 valence electrons. The zero-order valence-electron chi connectivity index (χ0n) is 86.3. The number of amides is 5. The largest absolute Gasteiger partial charge is 0.497 e. The lowest BCUT2D eigenvalue weighted by Gasteiger charge is -2.16. The lowest BCUT2D eigenvalue weighted by molar-refractivity contribution is -0.119. The van der Waals surface area contributed by atoms with Crippen molar-refractivity contribution in [1.82, 2.24) is 4.98 Å². The predicted molar refractivity (Wildman–Crippen MR) is 601 cm³/mol. The van der Waals surface area contributed by atoms with E-state index >= 15 is 0 Å². The third-order valence-electron chi connectivity index (χ3n) is 28.6. The number of Topliss-reactive ketones (excluding diaryl/α,β-unsaturated/α-hetero) is 5. The molecule has 1 unspecified atom stereocenters. The van der Waals surface area contributed by atoms with Crippen LogP contribution in [0.4, 0.5) is 32.8 Å². The third-order valence-corrected chi connectivity index (χ3v) is 28.9. The molecule has 0 aliphatic carbocycles. The lowest BCUT2D eigenvalue weighted by atomic mass is 9.92. The number of hydrogen-bond acceptors (Lipinski definition) is 12. The molecule has 0 saturated carbocycles. The van der Waals surface area contributed by atoms with Crippen molar-refractivity contribution in [2.24, 2.45) is 0 Å². The van der Waals surface area contributed by atoms with Crippen LogP contribution in [0.3, 0.4) is 0 Å². The van der Waals surface area contributed by atoms with Crippen molar-refractivity contribution in [2.75, 3.05) is 64.3 Å². The van der Waals surface area contributed by atoms with Crippen molar-refractivity contribution in [2.45, 2.75) is 169 Å². The molecule has 17 nitrogen and oxygen atoms in total. The van der Waals surface area contributed by atoms with Gasteiger partial charge in [0.15, 0.2) is 28.9 Å². The summed E-state index contributed by atoms with van der Waals surface area (Å²) in [6.07, 6.45) is 13.6. The van der Waals surface area contributed by atoms with Crippen LogP contribution in [0.2, 0.25) is 5.02 Å². The summed E-state index contributed by atoms with van der Waals surface area (Å²) >= 11 is 6.01. The Hall–Kier alpha value is -16.1. The first-order valence-electron chi connectivity index (χ1n) is 52.3. The van der Waals surface area contributed by atoms with Gasteiger partial charge in [0, 0.05) is 170 Å². The summed E-state index contributed by atoms with van der Waals surface area (Å²) in [5.74, 6) is 2.18. The van der Waals surface area contributed by atoms with E-state index in [9.17, 15) is 52.3 Å². The Morgan fingerprint density at radius 1 is 0.300 bits per heavy atom. The number of nitrogens with zero attached hydrogens (tertiary/aromatic N) is 6. The Labute approximate surface area is 884 Å². The van der Waals surface area contributed by atoms with Crippen LogP contribution in [-0.2, 0) is 81.8 Å². The van der Waals surface area contributed by atoms with Crippen LogP contribution in [0.25, 0.3) is 55.6 Å². The van der Waals surface area contributed by atoms with Gasteiger partial charge in [0.25, 0.3) is 0 Å². The smallest absolute Gasteiger partial charge is 0.226 e. The molecule has 0 radical (unpaired) electrons. The lowest BCUT2D eigenvalue weighted by Crippen LogP contribution is -2.27. The maximum Gasteiger partial charge on any atom is 0.226 e. The molecule has 0 saturated heterocycles. The second kappa shape index (κ2) is 51.0. The van der Waals surface area contributed by atoms with Crippen molar-refractivity contribution in [1.29, 1.82) is 0 Å². The van der Waals surface area contributed by atoms with Crippen molar-refractivity contribution in [3.63, 3.8) is 0 Å². The summed E-state index contributed by atoms with van der Waals surface area (Å²) in [6.45, 7) is 15.3. The number of fused-ring (bicyclic) bond motifs is 5. The summed E-state index contributed by atoms with van der Waals surface area (Å²) in [4.78, 5) is 137. The van der Waals surface area contributed by atoms with Crippen LogP contribution in [0.1, 0.15) is 219 Å². The van der Waals surface area contributed by atoms with E-state index < -0.39 is 0 Å². The Morgan fingerprint density at radius 2 is 0.587 bits per heavy atom. The molecule has 20 rings (SSSR count). The van der Waals surface area contributed by atoms with Gasteiger partial charge in [-0.15, -0.1) is 0 Å². The first-order valence-corrected chi connectivity index (χ1v) is 52.7. The van der Waals surface area contributed by atoms with E-state index in [2.05, 4.69) is 78.6 Å². The molecule has 15 aromatic rings. The average molecular weight is 2010 g/mol. The first kappa shape index (κ1) is 107. The number of aromatic nitrogens is 1. The number of rotatable bonds is 31. The molecule has 14 aromatic carbocycles. The molecule has 5 aliphatic heterocycles. The molecule has 5 amide bonds. The number of pyridine rings is 1. The molecular weight excluding hydrogens is 1890 g/mol. The fraction of sp³-hybridized carbons (Fsp3) is 0.244. The number of halogens is 2. The number of benzene rings is 14. The minimum atomic E-state index is -0.277. The molecule has 0 fully saturated rings. The molecule has 0 bridgehead atoms. The van der Waals surface area contributed by atoms with Crippen molar-refractivity contribution in [3.05, 3.63) is 434 Å². The highest BCUT2D eigenvalue weighted by molar-refractivity contribution is 6.30. The van der Waals surface area contributed by atoms with Gasteiger partial charge in [0.05, 0.1) is 7.11 Å². The van der Waals surface area contributed by atoms with Crippen LogP contribution < -0.4 is 29.2 Å². The minimum Gasteiger partial charge on any atom is -0.497 e. The van der Waals surface area contributed by atoms with Crippen molar-refractivity contribution in [3.8, 4) is 61.4 Å². The van der Waals surface area contributed by atoms with Gasteiger partial charge in [-0.3, -0.25) is 52.9 Å². The van der Waals surface area contributed by atoms with Gasteiger partial charge in [-0.2, -0.15) is 0 Å². The second-order valence-corrected chi connectivity index (χ2v) is 38.8. The number of methoxy groups -OCH3 is 1. The number of aryl methyl sites for hydroxylation is 4. The second-order valence-electron chi connectivity index (χ2n) is 38.4. The molecule has 0 N–H and O–H groups in total. The Balaban J connectivity index is 0.000000133. The first-order chi connectivity index (χ1) is 72.9. The maximum atomic E-state index is 13.3. The fourth-order valence-corrected chi connectivity index (χ4v) is 20.3. The number of ketones is 5. The Kier molecular flexibility index (Phi) is 36.3. The Bertz CT molecular complexity index is 7220. The van der Waals surface area contributed by atoms with E-state index in [1.54, 1.807) is 19.4 Å². The monoisotopic (exact) mass is 2010 g/mol. The number of carbonyl (C=O) groups excluding carboxylic acids is 10. The number of ether oxygens (including phenoxy) is 1. The van der Waals surface area contributed by atoms with Gasteiger partial charge in [-0.1, -0.05) is 278 Å². The predicted octanol–water partition coefficient (Wildman–Crippen LogP) is 28.1. The van der Waals surface area contributed by atoms with Gasteiger partial charge >= 0.3 is 0 Å². The number of anilines is 5. The standard InChI is InChI=1S/C27H27NO3.C27H27NO2.C26H24ClNO2.C26H24FNO2.C25H24N2O2/c1-3-27(30)28-16-15-23-18-22(12-13-25(23)28)20-8-10-21(11-9-20)26(29)14-7-19-5-4-6-24(17-19)31-2;1-3-27(30)28-16-15-24-18-23(13-14-25(24)28)21-9-11-22(12-10-21)26(29)17-19(2)20-7-5-4-6-8-20;2*1-2-26(30)28-15-14-22-17-21(11-12-24(22)28)19-7-9-20(10-8-19)25(29)13-6-18-4-3-5-23(27)16-18;1-2-25(29)27-16-14-21-17-20(10-12-23(21)27)18-6-8-19(9-7-18)24(28)13-11-22-5-3-4-15-26-22/h4-6,8-13,17-18H,3,7,14-16H2,1-2H3;4-14,18-19H,3,15-17H2,1-2H3;2*3-5,7-12,16-17H,2,6,13-15H2,1H3;3-10,12,15,17H,2,11,13-14,16H2,1H3. The summed E-state index contributed by atoms with van der Waals surface area (Å²) in [7, 11) is 1.65. The van der Waals surface area contributed by atoms with Gasteiger partial charge < -0.3 is 29.2 Å². The summed E-state index contributed by atoms with van der Waals surface area (Å²) < 4.78 is 18.5. The van der Waals surface area contributed by atoms with Crippen LogP contribution in [0.5, 0.6) is 5.75 Å². The van der Waals surface area contributed by atoms with Gasteiger partial charge in [0.2, 0.25) is 29.5 Å². The van der Waals surface area contributed by atoms with E-state index in [-0.39, 0.29) is 70.2 Å². The molecular formula is C131H126ClFN6O11. The zero-order valence-corrected chi connectivity index (χ0v) is 87.1. The van der Waals surface area contributed by atoms with E-state index in [4.69, 9.17) is 16.3 Å². The summed E-state index contributed by atoms with van der Waals surface area (Å²) in [6, 6.07) is 108. The highest BCUT2D eigenvalue weighted by Gasteiger charge is 2.31. The molecule has 1 atom stereocenters. The molecule has 1 aromatic heterocycles. The van der Waals surface area contributed by atoms with Gasteiger partial charge in [-0.25, -0.2) is 4.39 Å². The van der Waals surface area contributed by atoms with Crippen LogP contribution in [0, 0.1) is 5.82 Å². The quantitative estimate of drug-likeness (QED) is 0.0372. The maximum absolute atomic E-state index is 13.3. The summed E-state index contributed by atoms with van der Waals surface area (Å²) in [5.41, 5.74) is 30.8. The van der Waals surface area contributed by atoms with Crippen molar-refractivity contribution >= 4 is 98.5 Å². The zero-order chi connectivity index (χ0) is 105. The van der Waals surface area contributed by atoms with Crippen LogP contribution in [-0.4, -0.2) is 103 Å². The SMILES string of the molecule is CCC(=O)N1CCc2cc(-c3ccc(C(=O)CC(C)c4ccccc4)cc3)ccc21.CCC(=O)N1CCc2cc(-c3ccc(C(=O)CCc4cccc(Cl)c4)cc3)ccc21.CCC(=O)N1CCc2cc(-c3ccc(C(=O)CCc4cccc(F)c4)cc3)ccc21.CCC(=O)N1CCc2cc(-c3ccc(C(=O)CCc4cccc(OC)c4)cc3)ccc21.CCC(=O)N1CCc2cc(-c3ccc(C(=O)CCc4ccccn4)cc3)ccc21.